The number of hydrogen-bond acceptors (Lipinski definition) is 0. The fourth-order valence-electron chi connectivity index (χ4n) is 6.25. The van der Waals surface area contributed by atoms with Crippen molar-refractivity contribution in [2.75, 3.05) is 0 Å². The van der Waals surface area contributed by atoms with E-state index in [1.807, 2.05) is 0 Å². The zero-order valence-corrected chi connectivity index (χ0v) is 17.3. The molecule has 0 heteroatoms. The van der Waals surface area contributed by atoms with Crippen LogP contribution in [-0.4, -0.2) is 0 Å². The molecule has 2 atom stereocenters. The number of rotatable bonds is 1. The average molecular weight is 345 g/mol. The topological polar surface area (TPSA) is 0 Å². The summed E-state index contributed by atoms with van der Waals surface area (Å²) in [4.78, 5) is 0. The maximum atomic E-state index is 2.41. The minimum Gasteiger partial charge on any atom is -0.0846 e. The standard InChI is InChI=1S/C16H30.C9H14/c1-3-7-11-15(12-8-4-1)16-13-9-5-2-6-10-14-16;1-9(2)7-3-4-8(9)6-5-7/h15-16H,1-14H2;3-4,7-8H,5-6H2,1-2H3. The van der Waals surface area contributed by atoms with Gasteiger partial charge in [0.2, 0.25) is 0 Å². The van der Waals surface area contributed by atoms with Gasteiger partial charge in [-0.3, -0.25) is 0 Å². The lowest BCUT2D eigenvalue weighted by Gasteiger charge is -2.30. The Morgan fingerprint density at radius 1 is 0.480 bits per heavy atom. The molecule has 0 aromatic carbocycles. The van der Waals surface area contributed by atoms with Gasteiger partial charge >= 0.3 is 0 Å². The van der Waals surface area contributed by atoms with E-state index < -0.39 is 0 Å². The SMILES string of the molecule is C1CCCC(C2CCCCCCC2)CCC1.CC1(C)C2C=CC1CC2. The van der Waals surface area contributed by atoms with Crippen LogP contribution in [-0.2, 0) is 0 Å². The van der Waals surface area contributed by atoms with Crippen molar-refractivity contribution in [2.45, 2.75) is 117 Å². The van der Waals surface area contributed by atoms with Gasteiger partial charge in [0, 0.05) is 0 Å². The highest BCUT2D eigenvalue weighted by Crippen LogP contribution is 2.53. The average Bonchev–Trinajstić information content (AvgIpc) is 2.98. The maximum absolute atomic E-state index is 2.41. The van der Waals surface area contributed by atoms with E-state index in [-0.39, 0.29) is 0 Å². The third kappa shape index (κ3) is 5.36. The summed E-state index contributed by atoms with van der Waals surface area (Å²) in [5.41, 5.74) is 0.611. The predicted molar refractivity (Wildman–Crippen MR) is 111 cm³/mol. The molecule has 0 amide bonds. The summed E-state index contributed by atoms with van der Waals surface area (Å²) in [7, 11) is 0. The van der Waals surface area contributed by atoms with Crippen molar-refractivity contribution in [3.63, 3.8) is 0 Å². The van der Waals surface area contributed by atoms with Crippen molar-refractivity contribution < 1.29 is 0 Å². The Balaban J connectivity index is 0.000000170. The van der Waals surface area contributed by atoms with Crippen molar-refractivity contribution >= 4 is 0 Å². The predicted octanol–water partition coefficient (Wildman–Crippen LogP) is 8.32. The molecule has 4 aliphatic carbocycles. The molecule has 0 aromatic heterocycles. The molecule has 4 aliphatic rings. The summed E-state index contributed by atoms with van der Waals surface area (Å²) in [5.74, 6) is 4.03. The van der Waals surface area contributed by atoms with Gasteiger partial charge in [0.15, 0.2) is 0 Å². The first-order valence-electron chi connectivity index (χ1n) is 11.9. The molecule has 3 fully saturated rings. The fourth-order valence-corrected chi connectivity index (χ4v) is 6.25. The summed E-state index contributed by atoms with van der Waals surface area (Å²) in [6.45, 7) is 4.80. The van der Waals surface area contributed by atoms with Gasteiger partial charge in [0.1, 0.15) is 0 Å². The van der Waals surface area contributed by atoms with Gasteiger partial charge < -0.3 is 0 Å². The van der Waals surface area contributed by atoms with Crippen LogP contribution in [0.5, 0.6) is 0 Å². The van der Waals surface area contributed by atoms with Gasteiger partial charge in [0.05, 0.1) is 0 Å². The lowest BCUT2D eigenvalue weighted by atomic mass is 9.76. The summed E-state index contributed by atoms with van der Waals surface area (Å²) < 4.78 is 0. The van der Waals surface area contributed by atoms with E-state index in [1.54, 1.807) is 25.7 Å². The zero-order valence-electron chi connectivity index (χ0n) is 17.3. The normalized spacial score (nSPS) is 33.7. The summed E-state index contributed by atoms with van der Waals surface area (Å²) in [6.07, 6.45) is 29.1. The second-order valence-electron chi connectivity index (χ2n) is 10.2. The molecule has 0 spiro atoms. The second-order valence-corrected chi connectivity index (χ2v) is 10.2. The Morgan fingerprint density at radius 2 is 0.800 bits per heavy atom. The van der Waals surface area contributed by atoms with Crippen LogP contribution < -0.4 is 0 Å². The van der Waals surface area contributed by atoms with Crippen LogP contribution >= 0.6 is 0 Å². The van der Waals surface area contributed by atoms with Crippen molar-refractivity contribution in [3.8, 4) is 0 Å². The van der Waals surface area contributed by atoms with Gasteiger partial charge in [-0.1, -0.05) is 116 Å². The molecule has 0 saturated heterocycles. The maximum Gasteiger partial charge on any atom is -0.0176 e. The first-order valence-corrected chi connectivity index (χ1v) is 11.9. The van der Waals surface area contributed by atoms with Gasteiger partial charge in [-0.05, 0) is 41.9 Å². The first-order chi connectivity index (χ1) is 12.2. The van der Waals surface area contributed by atoms with E-state index in [9.17, 15) is 0 Å². The van der Waals surface area contributed by atoms with Crippen LogP contribution in [0.15, 0.2) is 12.2 Å². The van der Waals surface area contributed by atoms with Crippen LogP contribution in [0.1, 0.15) is 117 Å². The molecule has 2 unspecified atom stereocenters. The van der Waals surface area contributed by atoms with E-state index in [2.05, 4.69) is 26.0 Å². The van der Waals surface area contributed by atoms with Gasteiger partial charge in [-0.25, -0.2) is 0 Å². The van der Waals surface area contributed by atoms with E-state index in [1.165, 1.54) is 77.0 Å². The summed E-state index contributed by atoms with van der Waals surface area (Å²) >= 11 is 0. The van der Waals surface area contributed by atoms with Crippen LogP contribution in [0.4, 0.5) is 0 Å². The molecule has 0 radical (unpaired) electrons. The molecular weight excluding hydrogens is 300 g/mol. The molecule has 2 bridgehead atoms. The van der Waals surface area contributed by atoms with Gasteiger partial charge in [-0.15, -0.1) is 0 Å². The third-order valence-electron chi connectivity index (χ3n) is 8.24. The van der Waals surface area contributed by atoms with Crippen LogP contribution in [0.2, 0.25) is 0 Å². The van der Waals surface area contributed by atoms with Crippen LogP contribution in [0, 0.1) is 29.1 Å². The highest BCUT2D eigenvalue weighted by molar-refractivity contribution is 5.15. The Morgan fingerprint density at radius 3 is 1.04 bits per heavy atom. The van der Waals surface area contributed by atoms with Crippen molar-refractivity contribution in [3.05, 3.63) is 12.2 Å². The minimum atomic E-state index is 0.611. The Kier molecular flexibility index (Phi) is 7.50. The number of fused-ring (bicyclic) bond motifs is 2. The second kappa shape index (κ2) is 9.61. The molecule has 0 aromatic rings. The Hall–Kier alpha value is -0.260. The van der Waals surface area contributed by atoms with Crippen molar-refractivity contribution in [2.24, 2.45) is 29.1 Å². The first kappa shape index (κ1) is 19.5. The Labute approximate surface area is 158 Å². The highest BCUT2D eigenvalue weighted by atomic mass is 14.5. The molecule has 0 nitrogen and oxygen atoms in total. The minimum absolute atomic E-state index is 0.611. The fraction of sp³-hybridized carbons (Fsp3) is 0.920. The molecule has 0 aliphatic heterocycles. The molecule has 0 heterocycles. The molecule has 3 saturated carbocycles. The molecule has 144 valence electrons. The Bertz CT molecular complexity index is 352. The molecule has 25 heavy (non-hydrogen) atoms. The smallest absolute Gasteiger partial charge is 0.0176 e. The molecular formula is C25H44. The van der Waals surface area contributed by atoms with E-state index in [4.69, 9.17) is 0 Å². The highest BCUT2D eigenvalue weighted by Gasteiger charge is 2.43. The van der Waals surface area contributed by atoms with Gasteiger partial charge in [0.25, 0.3) is 0 Å². The summed E-state index contributed by atoms with van der Waals surface area (Å²) in [5, 5.41) is 0. The molecule has 0 N–H and O–H groups in total. The van der Waals surface area contributed by atoms with Gasteiger partial charge in [-0.2, -0.15) is 0 Å². The van der Waals surface area contributed by atoms with E-state index in [0.717, 1.165) is 23.7 Å². The number of hydrogen-bond donors (Lipinski definition) is 0. The lowest BCUT2D eigenvalue weighted by Crippen LogP contribution is -2.17. The summed E-state index contributed by atoms with van der Waals surface area (Å²) in [6, 6.07) is 0. The van der Waals surface area contributed by atoms with Crippen LogP contribution in [0.3, 0.4) is 0 Å². The monoisotopic (exact) mass is 344 g/mol. The quantitative estimate of drug-likeness (QED) is 0.419. The molecule has 4 rings (SSSR count). The van der Waals surface area contributed by atoms with E-state index >= 15 is 0 Å². The lowest BCUT2D eigenvalue weighted by molar-refractivity contribution is 0.221. The zero-order chi connectivity index (χ0) is 17.5. The van der Waals surface area contributed by atoms with Crippen LogP contribution in [0.25, 0.3) is 0 Å². The van der Waals surface area contributed by atoms with E-state index in [0.29, 0.717) is 5.41 Å². The third-order valence-corrected chi connectivity index (χ3v) is 8.24. The number of allylic oxidation sites excluding steroid dienone is 2. The van der Waals surface area contributed by atoms with Crippen molar-refractivity contribution in [1.82, 2.24) is 0 Å². The largest absolute Gasteiger partial charge is 0.0846 e. The van der Waals surface area contributed by atoms with Crippen molar-refractivity contribution in [1.29, 1.82) is 0 Å².